The molecule has 0 amide bonds. The van der Waals surface area contributed by atoms with Crippen LogP contribution < -0.4 is 0 Å². The van der Waals surface area contributed by atoms with Crippen molar-refractivity contribution in [2.24, 2.45) is 0 Å². The van der Waals surface area contributed by atoms with E-state index >= 15 is 0 Å². The Morgan fingerprint density at radius 1 is 1.39 bits per heavy atom. The Morgan fingerprint density at radius 2 is 2.00 bits per heavy atom. The molecule has 0 spiro atoms. The van der Waals surface area contributed by atoms with Gasteiger partial charge in [-0.1, -0.05) is 13.8 Å². The highest BCUT2D eigenvalue weighted by Crippen LogP contribution is 2.15. The molecule has 0 saturated carbocycles. The topological polar surface area (TPSA) is 74.1 Å². The van der Waals surface area contributed by atoms with Gasteiger partial charge in [0.05, 0.1) is 6.07 Å². The standard InChI is InChI=1S/C12H17N3O2S/c1-3-12(9-13)18(16,17)15(4-2)10-11-5-7-14-8-6-11/h5-8,12H,3-4,10H2,1-2H3. The van der Waals surface area contributed by atoms with Gasteiger partial charge in [-0.15, -0.1) is 0 Å². The predicted octanol–water partition coefficient (Wildman–Crippen LogP) is 1.54. The van der Waals surface area contributed by atoms with Gasteiger partial charge in [-0.25, -0.2) is 8.42 Å². The fourth-order valence-electron chi connectivity index (χ4n) is 1.62. The lowest BCUT2D eigenvalue weighted by molar-refractivity contribution is 0.418. The van der Waals surface area contributed by atoms with Crippen molar-refractivity contribution in [2.45, 2.75) is 32.1 Å². The van der Waals surface area contributed by atoms with E-state index in [0.717, 1.165) is 5.56 Å². The minimum atomic E-state index is -3.56. The average molecular weight is 267 g/mol. The van der Waals surface area contributed by atoms with E-state index in [9.17, 15) is 8.42 Å². The second-order valence-electron chi connectivity index (χ2n) is 3.85. The highest BCUT2D eigenvalue weighted by molar-refractivity contribution is 7.89. The quantitative estimate of drug-likeness (QED) is 0.783. The van der Waals surface area contributed by atoms with Gasteiger partial charge in [0.1, 0.15) is 0 Å². The molecule has 0 aliphatic heterocycles. The van der Waals surface area contributed by atoms with Crippen LogP contribution in [-0.2, 0) is 16.6 Å². The fourth-order valence-corrected chi connectivity index (χ4v) is 3.23. The van der Waals surface area contributed by atoms with Crippen molar-refractivity contribution in [2.75, 3.05) is 6.54 Å². The van der Waals surface area contributed by atoms with Gasteiger partial charge in [0.25, 0.3) is 0 Å². The summed E-state index contributed by atoms with van der Waals surface area (Å²) in [5, 5.41) is 7.93. The molecule has 0 N–H and O–H groups in total. The fraction of sp³-hybridized carbons (Fsp3) is 0.500. The molecule has 18 heavy (non-hydrogen) atoms. The Kier molecular flexibility index (Phi) is 5.25. The molecular formula is C12H17N3O2S. The second kappa shape index (κ2) is 6.47. The van der Waals surface area contributed by atoms with Crippen LogP contribution in [0.1, 0.15) is 25.8 Å². The molecule has 0 aliphatic carbocycles. The Balaban J connectivity index is 2.94. The summed E-state index contributed by atoms with van der Waals surface area (Å²) >= 11 is 0. The maximum atomic E-state index is 12.2. The van der Waals surface area contributed by atoms with E-state index in [-0.39, 0.29) is 6.54 Å². The smallest absolute Gasteiger partial charge is 0.230 e. The summed E-state index contributed by atoms with van der Waals surface area (Å²) in [6, 6.07) is 5.39. The highest BCUT2D eigenvalue weighted by Gasteiger charge is 2.29. The zero-order valence-corrected chi connectivity index (χ0v) is 11.4. The number of nitrogens with zero attached hydrogens (tertiary/aromatic N) is 3. The Bertz CT molecular complexity index is 508. The van der Waals surface area contributed by atoms with Gasteiger partial charge in [0, 0.05) is 25.5 Å². The molecule has 0 aliphatic rings. The highest BCUT2D eigenvalue weighted by atomic mass is 32.2. The first-order valence-electron chi connectivity index (χ1n) is 5.83. The molecule has 0 radical (unpaired) electrons. The molecule has 1 rings (SSSR count). The molecule has 6 heteroatoms. The lowest BCUT2D eigenvalue weighted by atomic mass is 10.3. The normalized spacial score (nSPS) is 13.2. The predicted molar refractivity (Wildman–Crippen MR) is 68.9 cm³/mol. The second-order valence-corrected chi connectivity index (χ2v) is 5.97. The Labute approximate surface area is 108 Å². The van der Waals surface area contributed by atoms with Crippen LogP contribution in [0, 0.1) is 11.3 Å². The van der Waals surface area contributed by atoms with Crippen molar-refractivity contribution < 1.29 is 8.42 Å². The molecule has 1 aromatic rings. The third-order valence-corrected chi connectivity index (χ3v) is 4.96. The molecule has 5 nitrogen and oxygen atoms in total. The summed E-state index contributed by atoms with van der Waals surface area (Å²) < 4.78 is 25.8. The first kappa shape index (κ1) is 14.6. The largest absolute Gasteiger partial charge is 0.265 e. The van der Waals surface area contributed by atoms with E-state index < -0.39 is 15.3 Å². The molecular weight excluding hydrogens is 250 g/mol. The van der Waals surface area contributed by atoms with Crippen molar-refractivity contribution in [3.05, 3.63) is 30.1 Å². The van der Waals surface area contributed by atoms with Crippen LogP contribution in [0.5, 0.6) is 0 Å². The van der Waals surface area contributed by atoms with Crippen molar-refractivity contribution in [3.63, 3.8) is 0 Å². The number of sulfonamides is 1. The third kappa shape index (κ3) is 3.28. The molecule has 1 heterocycles. The van der Waals surface area contributed by atoms with Crippen LogP contribution in [-0.4, -0.2) is 29.5 Å². The van der Waals surface area contributed by atoms with Gasteiger partial charge in [-0.3, -0.25) is 4.98 Å². The molecule has 0 fully saturated rings. The molecule has 0 bridgehead atoms. The number of pyridine rings is 1. The van der Waals surface area contributed by atoms with Crippen LogP contribution in [0.4, 0.5) is 0 Å². The summed E-state index contributed by atoms with van der Waals surface area (Å²) in [5.74, 6) is 0. The van der Waals surface area contributed by atoms with Gasteiger partial charge in [0.2, 0.25) is 10.0 Å². The van der Waals surface area contributed by atoms with Crippen molar-refractivity contribution >= 4 is 10.0 Å². The van der Waals surface area contributed by atoms with Crippen molar-refractivity contribution in [1.82, 2.24) is 9.29 Å². The molecule has 1 atom stereocenters. The van der Waals surface area contributed by atoms with Crippen molar-refractivity contribution in [1.29, 1.82) is 5.26 Å². The lowest BCUT2D eigenvalue weighted by Crippen LogP contribution is -2.37. The van der Waals surface area contributed by atoms with Crippen LogP contribution >= 0.6 is 0 Å². The summed E-state index contributed by atoms with van der Waals surface area (Å²) in [5.41, 5.74) is 0.864. The van der Waals surface area contributed by atoms with Crippen LogP contribution in [0.15, 0.2) is 24.5 Å². The minimum Gasteiger partial charge on any atom is -0.265 e. The van der Waals surface area contributed by atoms with Crippen molar-refractivity contribution in [3.8, 4) is 6.07 Å². The maximum absolute atomic E-state index is 12.2. The number of aromatic nitrogens is 1. The van der Waals surface area contributed by atoms with E-state index in [1.165, 1.54) is 4.31 Å². The van der Waals surface area contributed by atoms with Gasteiger partial charge < -0.3 is 0 Å². The van der Waals surface area contributed by atoms with Gasteiger partial charge in [0.15, 0.2) is 5.25 Å². The minimum absolute atomic E-state index is 0.277. The zero-order valence-electron chi connectivity index (χ0n) is 10.6. The monoisotopic (exact) mass is 267 g/mol. The first-order valence-corrected chi connectivity index (χ1v) is 7.34. The number of hydrogen-bond donors (Lipinski definition) is 0. The third-order valence-electron chi connectivity index (χ3n) is 2.70. The lowest BCUT2D eigenvalue weighted by Gasteiger charge is -2.22. The SMILES string of the molecule is CCC(C#N)S(=O)(=O)N(CC)Cc1ccncc1. The number of nitriles is 1. The van der Waals surface area contributed by atoms with E-state index in [2.05, 4.69) is 4.98 Å². The molecule has 98 valence electrons. The number of rotatable bonds is 6. The molecule has 1 aromatic heterocycles. The maximum Gasteiger partial charge on any atom is 0.230 e. The van der Waals surface area contributed by atoms with Crippen LogP contribution in [0.2, 0.25) is 0 Å². The van der Waals surface area contributed by atoms with Gasteiger partial charge >= 0.3 is 0 Å². The van der Waals surface area contributed by atoms with Crippen LogP contribution in [0.3, 0.4) is 0 Å². The summed E-state index contributed by atoms with van der Waals surface area (Å²) in [7, 11) is -3.56. The molecule has 0 saturated heterocycles. The van der Waals surface area contributed by atoms with Gasteiger partial charge in [-0.2, -0.15) is 9.57 Å². The zero-order chi connectivity index (χ0) is 13.6. The first-order chi connectivity index (χ1) is 8.56. The van der Waals surface area contributed by atoms with E-state index in [1.54, 1.807) is 38.4 Å². The van der Waals surface area contributed by atoms with Crippen LogP contribution in [0.25, 0.3) is 0 Å². The van der Waals surface area contributed by atoms with E-state index in [4.69, 9.17) is 5.26 Å². The van der Waals surface area contributed by atoms with E-state index in [0.29, 0.717) is 13.0 Å². The summed E-state index contributed by atoms with van der Waals surface area (Å²) in [6.07, 6.45) is 3.54. The summed E-state index contributed by atoms with van der Waals surface area (Å²) in [6.45, 7) is 4.09. The van der Waals surface area contributed by atoms with E-state index in [1.807, 2.05) is 6.07 Å². The Morgan fingerprint density at radius 3 is 2.44 bits per heavy atom. The average Bonchev–Trinajstić information content (AvgIpc) is 2.38. The summed E-state index contributed by atoms with van der Waals surface area (Å²) in [4.78, 5) is 3.89. The molecule has 1 unspecified atom stereocenters. The number of hydrogen-bond acceptors (Lipinski definition) is 4. The Hall–Kier alpha value is -1.45. The van der Waals surface area contributed by atoms with Gasteiger partial charge in [-0.05, 0) is 24.1 Å². The molecule has 0 aromatic carbocycles.